The van der Waals surface area contributed by atoms with E-state index >= 15 is 0 Å². The van der Waals surface area contributed by atoms with Crippen molar-refractivity contribution >= 4 is 17.8 Å². The number of aryl methyl sites for hydroxylation is 1. The third-order valence-corrected chi connectivity index (χ3v) is 3.95. The molecule has 92 valence electrons. The molecular weight excluding hydrogens is 236 g/mol. The minimum atomic E-state index is 1.08. The van der Waals surface area contributed by atoms with Crippen molar-refractivity contribution in [2.45, 2.75) is 30.1 Å². The van der Waals surface area contributed by atoms with Gasteiger partial charge in [-0.1, -0.05) is 61.2 Å². The third-order valence-electron chi connectivity index (χ3n) is 2.82. The van der Waals surface area contributed by atoms with Crippen molar-refractivity contribution in [3.05, 3.63) is 65.7 Å². The van der Waals surface area contributed by atoms with Gasteiger partial charge in [0.1, 0.15) is 0 Å². The summed E-state index contributed by atoms with van der Waals surface area (Å²) in [5, 5.41) is 0. The van der Waals surface area contributed by atoms with Gasteiger partial charge in [0.05, 0.1) is 0 Å². The maximum atomic E-state index is 2.20. The molecule has 0 saturated heterocycles. The monoisotopic (exact) mass is 254 g/mol. The highest BCUT2D eigenvalue weighted by Crippen LogP contribution is 2.30. The number of hydrogen-bond acceptors (Lipinski definition) is 1. The van der Waals surface area contributed by atoms with Gasteiger partial charge in [-0.3, -0.25) is 0 Å². The van der Waals surface area contributed by atoms with Crippen molar-refractivity contribution in [1.29, 1.82) is 0 Å². The molecule has 0 aromatic heterocycles. The Kier molecular flexibility index (Phi) is 4.66. The molecule has 0 fully saturated rings. The molecule has 0 aliphatic rings. The molecule has 0 amide bonds. The Balaban J connectivity index is 2.18. The normalized spacial score (nSPS) is 11.0. The fraction of sp³-hybridized carbons (Fsp3) is 0.176. The van der Waals surface area contributed by atoms with Crippen molar-refractivity contribution in [2.75, 3.05) is 0 Å². The van der Waals surface area contributed by atoms with E-state index in [4.69, 9.17) is 0 Å². The maximum Gasteiger partial charge on any atom is 0.0154 e. The lowest BCUT2D eigenvalue weighted by Gasteiger charge is -2.07. The molecule has 18 heavy (non-hydrogen) atoms. The molecule has 0 N–H and O–H groups in total. The molecule has 2 aromatic carbocycles. The second-order valence-corrected chi connectivity index (χ2v) is 5.25. The first kappa shape index (κ1) is 13.0. The van der Waals surface area contributed by atoms with Crippen LogP contribution in [-0.2, 0) is 6.42 Å². The van der Waals surface area contributed by atoms with Crippen LogP contribution < -0.4 is 0 Å². The van der Waals surface area contributed by atoms with Crippen LogP contribution in [0.15, 0.2) is 64.4 Å². The molecule has 0 heterocycles. The second-order valence-electron chi connectivity index (χ2n) is 4.13. The van der Waals surface area contributed by atoms with E-state index in [0.29, 0.717) is 0 Å². The highest BCUT2D eigenvalue weighted by atomic mass is 32.2. The van der Waals surface area contributed by atoms with Crippen LogP contribution in [0.5, 0.6) is 0 Å². The second kappa shape index (κ2) is 6.46. The molecular formula is C17H18S. The lowest BCUT2D eigenvalue weighted by molar-refractivity contribution is 1.08. The van der Waals surface area contributed by atoms with Crippen molar-refractivity contribution in [2.24, 2.45) is 0 Å². The van der Waals surface area contributed by atoms with Crippen LogP contribution in [-0.4, -0.2) is 0 Å². The van der Waals surface area contributed by atoms with Crippen molar-refractivity contribution < 1.29 is 0 Å². The lowest BCUT2D eigenvalue weighted by Crippen LogP contribution is -1.84. The van der Waals surface area contributed by atoms with E-state index < -0.39 is 0 Å². The molecule has 0 atom stereocenters. The van der Waals surface area contributed by atoms with Crippen LogP contribution in [0.25, 0.3) is 6.08 Å². The average molecular weight is 254 g/mol. The molecule has 0 aliphatic heterocycles. The number of hydrogen-bond donors (Lipinski definition) is 0. The standard InChI is InChI=1S/C17H18S/c1-3-7-14-10-12-16(13-11-14)18-17-9-6-5-8-15(17)4-2/h3,5-13H,4H2,1-2H3/b7-3+. The summed E-state index contributed by atoms with van der Waals surface area (Å²) < 4.78 is 0. The van der Waals surface area contributed by atoms with Crippen molar-refractivity contribution in [3.8, 4) is 0 Å². The Morgan fingerprint density at radius 2 is 1.72 bits per heavy atom. The van der Waals surface area contributed by atoms with Gasteiger partial charge in [-0.25, -0.2) is 0 Å². The fourth-order valence-electron chi connectivity index (χ4n) is 1.86. The highest BCUT2D eigenvalue weighted by Gasteiger charge is 2.01. The maximum absolute atomic E-state index is 2.20. The molecule has 0 unspecified atom stereocenters. The molecule has 0 saturated carbocycles. The SMILES string of the molecule is C/C=C/c1ccc(Sc2ccccc2CC)cc1. The van der Waals surface area contributed by atoms with Gasteiger partial charge in [0.15, 0.2) is 0 Å². The van der Waals surface area contributed by atoms with Crippen LogP contribution in [0.2, 0.25) is 0 Å². The zero-order valence-electron chi connectivity index (χ0n) is 10.9. The van der Waals surface area contributed by atoms with Gasteiger partial charge in [0, 0.05) is 9.79 Å². The number of benzene rings is 2. The van der Waals surface area contributed by atoms with E-state index in [9.17, 15) is 0 Å². The molecule has 0 bridgehead atoms. The van der Waals surface area contributed by atoms with E-state index in [1.54, 1.807) is 0 Å². The van der Waals surface area contributed by atoms with Gasteiger partial charge < -0.3 is 0 Å². The van der Waals surface area contributed by atoms with Crippen LogP contribution in [0.3, 0.4) is 0 Å². The van der Waals surface area contributed by atoms with E-state index in [0.717, 1.165) is 6.42 Å². The van der Waals surface area contributed by atoms with E-state index in [1.165, 1.54) is 20.9 Å². The first-order valence-electron chi connectivity index (χ1n) is 6.32. The minimum Gasteiger partial charge on any atom is -0.0898 e. The minimum absolute atomic E-state index is 1.08. The Morgan fingerprint density at radius 1 is 1.00 bits per heavy atom. The van der Waals surface area contributed by atoms with E-state index in [2.05, 4.69) is 67.6 Å². The molecule has 0 nitrogen and oxygen atoms in total. The largest absolute Gasteiger partial charge is 0.0898 e. The lowest BCUT2D eigenvalue weighted by atomic mass is 10.2. The fourth-order valence-corrected chi connectivity index (χ4v) is 2.88. The first-order chi connectivity index (χ1) is 8.83. The third kappa shape index (κ3) is 3.27. The molecule has 0 radical (unpaired) electrons. The Morgan fingerprint density at radius 3 is 2.39 bits per heavy atom. The van der Waals surface area contributed by atoms with Crippen LogP contribution in [0, 0.1) is 0 Å². The molecule has 1 heteroatoms. The Hall–Kier alpha value is -1.47. The quantitative estimate of drug-likeness (QED) is 0.700. The summed E-state index contributed by atoms with van der Waals surface area (Å²) in [7, 11) is 0. The van der Waals surface area contributed by atoms with E-state index in [-0.39, 0.29) is 0 Å². The topological polar surface area (TPSA) is 0 Å². The van der Waals surface area contributed by atoms with Gasteiger partial charge in [-0.2, -0.15) is 0 Å². The first-order valence-corrected chi connectivity index (χ1v) is 7.13. The van der Waals surface area contributed by atoms with E-state index in [1.807, 2.05) is 18.7 Å². The summed E-state index contributed by atoms with van der Waals surface area (Å²) >= 11 is 1.84. The molecule has 0 spiro atoms. The summed E-state index contributed by atoms with van der Waals surface area (Å²) in [6.45, 7) is 4.24. The predicted molar refractivity (Wildman–Crippen MR) is 81.1 cm³/mol. The number of allylic oxidation sites excluding steroid dienone is 1. The van der Waals surface area contributed by atoms with Crippen LogP contribution >= 0.6 is 11.8 Å². The van der Waals surface area contributed by atoms with Gasteiger partial charge in [-0.05, 0) is 42.7 Å². The van der Waals surface area contributed by atoms with Gasteiger partial charge in [0.2, 0.25) is 0 Å². The van der Waals surface area contributed by atoms with Crippen molar-refractivity contribution in [3.63, 3.8) is 0 Å². The molecule has 2 rings (SSSR count). The zero-order valence-corrected chi connectivity index (χ0v) is 11.7. The number of rotatable bonds is 4. The highest BCUT2D eigenvalue weighted by molar-refractivity contribution is 7.99. The Bertz CT molecular complexity index is 524. The Labute approximate surface area is 114 Å². The zero-order chi connectivity index (χ0) is 12.8. The average Bonchev–Trinajstić information content (AvgIpc) is 2.42. The summed E-state index contributed by atoms with van der Waals surface area (Å²) in [5.41, 5.74) is 2.67. The van der Waals surface area contributed by atoms with Gasteiger partial charge in [-0.15, -0.1) is 0 Å². The summed E-state index contributed by atoms with van der Waals surface area (Å²) in [6.07, 6.45) is 5.27. The molecule has 2 aromatic rings. The van der Waals surface area contributed by atoms with Gasteiger partial charge in [0.25, 0.3) is 0 Å². The summed E-state index contributed by atoms with van der Waals surface area (Å²) in [5.74, 6) is 0. The van der Waals surface area contributed by atoms with Gasteiger partial charge >= 0.3 is 0 Å². The molecule has 0 aliphatic carbocycles. The summed E-state index contributed by atoms with van der Waals surface area (Å²) in [6, 6.07) is 17.3. The smallest absolute Gasteiger partial charge is 0.0154 e. The predicted octanol–water partition coefficient (Wildman–Crippen LogP) is 5.43. The van der Waals surface area contributed by atoms with Crippen LogP contribution in [0.4, 0.5) is 0 Å². The van der Waals surface area contributed by atoms with Crippen molar-refractivity contribution in [1.82, 2.24) is 0 Å². The van der Waals surface area contributed by atoms with Crippen LogP contribution in [0.1, 0.15) is 25.0 Å². The summed E-state index contributed by atoms with van der Waals surface area (Å²) in [4.78, 5) is 2.66.